The fourth-order valence-corrected chi connectivity index (χ4v) is 0.607. The Morgan fingerprint density at radius 1 is 1.67 bits per heavy atom. The van der Waals surface area contributed by atoms with Gasteiger partial charge in [-0.25, -0.2) is 0 Å². The first-order valence-corrected chi connectivity index (χ1v) is 3.81. The van der Waals surface area contributed by atoms with E-state index in [1.807, 2.05) is 6.92 Å². The number of ether oxygens (including phenoxy) is 1. The summed E-state index contributed by atoms with van der Waals surface area (Å²) in [6.07, 6.45) is 0.266. The molecule has 0 aliphatic carbocycles. The van der Waals surface area contributed by atoms with E-state index in [1.165, 1.54) is 7.11 Å². The van der Waals surface area contributed by atoms with Crippen molar-refractivity contribution in [1.29, 1.82) is 0 Å². The van der Waals surface area contributed by atoms with E-state index in [2.05, 4.69) is 15.0 Å². The first-order valence-electron chi connectivity index (χ1n) is 3.81. The van der Waals surface area contributed by atoms with Crippen molar-refractivity contribution in [2.24, 2.45) is 10.7 Å². The second-order valence-corrected chi connectivity index (χ2v) is 2.12. The normalized spacial score (nSPS) is 11.0. The van der Waals surface area contributed by atoms with Crippen LogP contribution in [0.15, 0.2) is 4.99 Å². The summed E-state index contributed by atoms with van der Waals surface area (Å²) in [6.45, 7) is 3.02. The van der Waals surface area contributed by atoms with Crippen LogP contribution in [-0.2, 0) is 9.53 Å². The second kappa shape index (κ2) is 6.45. The molecule has 0 radical (unpaired) electrons. The number of nitrogens with one attached hydrogen (secondary N) is 1. The number of hydrogen-bond donors (Lipinski definition) is 2. The third-order valence-electron chi connectivity index (χ3n) is 1.18. The Balaban J connectivity index is 3.52. The average Bonchev–Trinajstić information content (AvgIpc) is 2.04. The maximum Gasteiger partial charge on any atom is 0.307 e. The molecule has 0 aromatic rings. The summed E-state index contributed by atoms with van der Waals surface area (Å²) in [5.41, 5.74) is 5.40. The summed E-state index contributed by atoms with van der Waals surface area (Å²) < 4.78 is 4.42. The van der Waals surface area contributed by atoms with E-state index in [4.69, 9.17) is 5.73 Å². The Bertz CT molecular complexity index is 168. The van der Waals surface area contributed by atoms with Crippen LogP contribution in [0, 0.1) is 0 Å². The average molecular weight is 173 g/mol. The minimum absolute atomic E-state index is 0.266. The highest BCUT2D eigenvalue weighted by Gasteiger charge is 1.97. The van der Waals surface area contributed by atoms with Gasteiger partial charge in [0, 0.05) is 6.54 Å². The van der Waals surface area contributed by atoms with Crippen molar-refractivity contribution in [3.63, 3.8) is 0 Å². The molecule has 0 saturated carbocycles. The SMILES string of the molecule is CCNC(N)=NCCC(=O)OC. The highest BCUT2D eigenvalue weighted by Crippen LogP contribution is 1.84. The van der Waals surface area contributed by atoms with E-state index < -0.39 is 0 Å². The third-order valence-corrected chi connectivity index (χ3v) is 1.18. The molecule has 0 bridgehead atoms. The van der Waals surface area contributed by atoms with Crippen LogP contribution in [0.2, 0.25) is 0 Å². The molecule has 5 nitrogen and oxygen atoms in total. The van der Waals surface area contributed by atoms with Gasteiger partial charge in [0.15, 0.2) is 5.96 Å². The van der Waals surface area contributed by atoms with E-state index >= 15 is 0 Å². The lowest BCUT2D eigenvalue weighted by Gasteiger charge is -2.00. The van der Waals surface area contributed by atoms with Crippen LogP contribution >= 0.6 is 0 Å². The molecule has 0 heterocycles. The Morgan fingerprint density at radius 2 is 2.33 bits per heavy atom. The van der Waals surface area contributed by atoms with Crippen LogP contribution in [-0.4, -0.2) is 32.1 Å². The molecule has 0 spiro atoms. The lowest BCUT2D eigenvalue weighted by molar-refractivity contribution is -0.140. The zero-order valence-electron chi connectivity index (χ0n) is 7.46. The van der Waals surface area contributed by atoms with E-state index in [0.717, 1.165) is 6.54 Å². The molecular weight excluding hydrogens is 158 g/mol. The van der Waals surface area contributed by atoms with Gasteiger partial charge in [-0.1, -0.05) is 0 Å². The molecule has 0 saturated heterocycles. The molecule has 0 aliphatic heterocycles. The van der Waals surface area contributed by atoms with Gasteiger partial charge in [0.25, 0.3) is 0 Å². The number of guanidine groups is 1. The molecule has 70 valence electrons. The molecule has 12 heavy (non-hydrogen) atoms. The Kier molecular flexibility index (Phi) is 5.77. The highest BCUT2D eigenvalue weighted by molar-refractivity contribution is 5.78. The van der Waals surface area contributed by atoms with Crippen LogP contribution in [0.3, 0.4) is 0 Å². The molecule has 0 atom stereocenters. The molecule has 5 heteroatoms. The first kappa shape index (κ1) is 10.7. The third kappa shape index (κ3) is 5.52. The monoisotopic (exact) mass is 173 g/mol. The summed E-state index contributed by atoms with van der Waals surface area (Å²) in [5, 5.41) is 2.81. The number of rotatable bonds is 4. The number of hydrogen-bond acceptors (Lipinski definition) is 3. The summed E-state index contributed by atoms with van der Waals surface area (Å²) in [7, 11) is 1.35. The quantitative estimate of drug-likeness (QED) is 0.340. The maximum absolute atomic E-state index is 10.6. The lowest BCUT2D eigenvalue weighted by atomic mass is 10.4. The lowest BCUT2D eigenvalue weighted by Crippen LogP contribution is -2.31. The topological polar surface area (TPSA) is 76.7 Å². The van der Waals surface area contributed by atoms with Crippen LogP contribution < -0.4 is 11.1 Å². The van der Waals surface area contributed by atoms with Gasteiger partial charge in [-0.15, -0.1) is 0 Å². The molecule has 0 aromatic carbocycles. The Labute approximate surface area is 72.0 Å². The summed E-state index contributed by atoms with van der Waals surface area (Å²) in [5.74, 6) is 0.0875. The van der Waals surface area contributed by atoms with Crippen molar-refractivity contribution in [2.45, 2.75) is 13.3 Å². The van der Waals surface area contributed by atoms with E-state index in [-0.39, 0.29) is 12.4 Å². The van der Waals surface area contributed by atoms with Gasteiger partial charge in [0.05, 0.1) is 20.1 Å². The molecule has 0 aliphatic rings. The predicted molar refractivity (Wildman–Crippen MR) is 46.8 cm³/mol. The van der Waals surface area contributed by atoms with Crippen LogP contribution in [0.4, 0.5) is 0 Å². The fraction of sp³-hybridized carbons (Fsp3) is 0.714. The molecule has 0 amide bonds. The molecule has 0 aromatic heterocycles. The van der Waals surface area contributed by atoms with Crippen molar-refractivity contribution in [3.05, 3.63) is 0 Å². The molecule has 0 unspecified atom stereocenters. The Hall–Kier alpha value is -1.26. The van der Waals surface area contributed by atoms with E-state index in [0.29, 0.717) is 12.5 Å². The zero-order chi connectivity index (χ0) is 9.40. The number of carbonyl (C=O) groups excluding carboxylic acids is 1. The van der Waals surface area contributed by atoms with Gasteiger partial charge in [-0.2, -0.15) is 0 Å². The van der Waals surface area contributed by atoms with Crippen LogP contribution in [0.5, 0.6) is 0 Å². The van der Waals surface area contributed by atoms with Crippen molar-refractivity contribution >= 4 is 11.9 Å². The van der Waals surface area contributed by atoms with Gasteiger partial charge in [-0.05, 0) is 6.92 Å². The number of nitrogens with two attached hydrogens (primary N) is 1. The number of esters is 1. The van der Waals surface area contributed by atoms with Gasteiger partial charge < -0.3 is 15.8 Å². The molecule has 3 N–H and O–H groups in total. The highest BCUT2D eigenvalue weighted by atomic mass is 16.5. The van der Waals surface area contributed by atoms with Crippen LogP contribution in [0.25, 0.3) is 0 Å². The number of methoxy groups -OCH3 is 1. The van der Waals surface area contributed by atoms with Crippen LogP contribution in [0.1, 0.15) is 13.3 Å². The molecule has 0 rings (SSSR count). The Morgan fingerprint density at radius 3 is 2.83 bits per heavy atom. The van der Waals surface area contributed by atoms with Gasteiger partial charge in [0.2, 0.25) is 0 Å². The second-order valence-electron chi connectivity index (χ2n) is 2.12. The summed E-state index contributed by atoms with van der Waals surface area (Å²) in [6, 6.07) is 0. The van der Waals surface area contributed by atoms with Crippen molar-refractivity contribution < 1.29 is 9.53 Å². The van der Waals surface area contributed by atoms with Gasteiger partial charge >= 0.3 is 5.97 Å². The predicted octanol–water partition coefficient (Wildman–Crippen LogP) is -0.526. The summed E-state index contributed by atoms with van der Waals surface area (Å²) >= 11 is 0. The van der Waals surface area contributed by atoms with Gasteiger partial charge in [0.1, 0.15) is 0 Å². The maximum atomic E-state index is 10.6. The van der Waals surface area contributed by atoms with Crippen molar-refractivity contribution in [1.82, 2.24) is 5.32 Å². The smallest absolute Gasteiger partial charge is 0.307 e. The van der Waals surface area contributed by atoms with E-state index in [1.54, 1.807) is 0 Å². The van der Waals surface area contributed by atoms with E-state index in [9.17, 15) is 4.79 Å². The number of nitrogens with zero attached hydrogens (tertiary/aromatic N) is 1. The molecule has 0 fully saturated rings. The van der Waals surface area contributed by atoms with Gasteiger partial charge in [-0.3, -0.25) is 9.79 Å². The number of carbonyl (C=O) groups is 1. The largest absolute Gasteiger partial charge is 0.469 e. The number of aliphatic imine (C=N–C) groups is 1. The molecular formula is C7H15N3O2. The van der Waals surface area contributed by atoms with Crippen molar-refractivity contribution in [3.8, 4) is 0 Å². The minimum Gasteiger partial charge on any atom is -0.469 e. The zero-order valence-corrected chi connectivity index (χ0v) is 7.46. The standard InChI is InChI=1S/C7H15N3O2/c1-3-9-7(8)10-5-4-6(11)12-2/h3-5H2,1-2H3,(H3,8,9,10). The minimum atomic E-state index is -0.275. The van der Waals surface area contributed by atoms with Crippen molar-refractivity contribution in [2.75, 3.05) is 20.2 Å². The summed E-state index contributed by atoms with van der Waals surface area (Å²) in [4.78, 5) is 14.5. The fourth-order valence-electron chi connectivity index (χ4n) is 0.607. The first-order chi connectivity index (χ1) is 5.70.